The molecule has 0 spiro atoms. The van der Waals surface area contributed by atoms with Crippen molar-refractivity contribution in [2.75, 3.05) is 32.6 Å². The van der Waals surface area contributed by atoms with E-state index in [4.69, 9.17) is 21.7 Å². The van der Waals surface area contributed by atoms with Gasteiger partial charge in [0.15, 0.2) is 5.11 Å². The number of benzene rings is 2. The second kappa shape index (κ2) is 10.8. The number of hydrogen-bond donors (Lipinski definition) is 3. The molecule has 1 fully saturated rings. The molecule has 0 aliphatic carbocycles. The molecule has 9 nitrogen and oxygen atoms in total. The average molecular weight is 494 g/mol. The molecular formula is C22H27N3O6S2. The molecule has 11 heteroatoms. The number of ether oxygens (including phenoxy) is 2. The largest absolute Gasteiger partial charge is 0.497 e. The normalized spacial score (nSPS) is 15.0. The van der Waals surface area contributed by atoms with Crippen LogP contribution in [0, 0.1) is 0 Å². The van der Waals surface area contributed by atoms with Crippen molar-refractivity contribution in [2.24, 2.45) is 0 Å². The number of nitrogens with zero attached hydrogens (tertiary/aromatic N) is 1. The lowest BCUT2D eigenvalue weighted by molar-refractivity contribution is -0.137. The van der Waals surface area contributed by atoms with E-state index in [0.717, 1.165) is 12.8 Å². The Labute approximate surface area is 198 Å². The highest BCUT2D eigenvalue weighted by atomic mass is 32.2. The number of carbonyl (C=O) groups is 1. The molecule has 33 heavy (non-hydrogen) atoms. The van der Waals surface area contributed by atoms with Gasteiger partial charge in [0.25, 0.3) is 0 Å². The maximum absolute atomic E-state index is 12.9. The lowest BCUT2D eigenvalue weighted by atomic mass is 10.0. The summed E-state index contributed by atoms with van der Waals surface area (Å²) >= 11 is 5.42. The van der Waals surface area contributed by atoms with Crippen LogP contribution in [0.3, 0.4) is 0 Å². The first-order chi connectivity index (χ1) is 15.7. The maximum Gasteiger partial charge on any atom is 0.305 e. The van der Waals surface area contributed by atoms with Crippen LogP contribution in [0.25, 0.3) is 0 Å². The SMILES string of the molecule is COc1cccc([C@@H](CC(=O)O)NC(=S)Nc2cc(S(=O)(=O)N3CCCC3)ccc2OC)c1. The molecule has 178 valence electrons. The summed E-state index contributed by atoms with van der Waals surface area (Å²) in [7, 11) is -0.634. The highest BCUT2D eigenvalue weighted by molar-refractivity contribution is 7.89. The molecule has 0 aromatic heterocycles. The summed E-state index contributed by atoms with van der Waals surface area (Å²) in [4.78, 5) is 11.6. The molecule has 1 heterocycles. The van der Waals surface area contributed by atoms with Gasteiger partial charge < -0.3 is 25.2 Å². The van der Waals surface area contributed by atoms with Crippen LogP contribution in [-0.2, 0) is 14.8 Å². The molecular weight excluding hydrogens is 466 g/mol. The van der Waals surface area contributed by atoms with E-state index in [1.165, 1.54) is 30.7 Å². The Morgan fingerprint density at radius 1 is 1.15 bits per heavy atom. The molecule has 0 radical (unpaired) electrons. The predicted molar refractivity (Wildman–Crippen MR) is 128 cm³/mol. The Balaban J connectivity index is 1.83. The van der Waals surface area contributed by atoms with Crippen molar-refractivity contribution in [1.82, 2.24) is 9.62 Å². The molecule has 0 bridgehead atoms. The molecule has 1 atom stereocenters. The average Bonchev–Trinajstić information content (AvgIpc) is 3.34. The quantitative estimate of drug-likeness (QED) is 0.453. The number of carboxylic acids is 1. The minimum atomic E-state index is -3.63. The number of nitrogens with one attached hydrogen (secondary N) is 2. The standard InChI is InChI=1S/C22H27N3O6S2/c1-30-16-7-5-6-15(12-16)18(14-21(26)27)23-22(32)24-19-13-17(8-9-20(19)31-2)33(28,29)25-10-3-4-11-25/h5-9,12-13,18H,3-4,10-11,14H2,1-2H3,(H,26,27)(H2,23,24,32)/t18-/m1/s1. The minimum Gasteiger partial charge on any atom is -0.497 e. The van der Waals surface area contributed by atoms with E-state index < -0.39 is 22.0 Å². The molecule has 0 unspecified atom stereocenters. The summed E-state index contributed by atoms with van der Waals surface area (Å²) < 4.78 is 37.9. The van der Waals surface area contributed by atoms with E-state index in [1.807, 2.05) is 0 Å². The van der Waals surface area contributed by atoms with Gasteiger partial charge in [-0.15, -0.1) is 0 Å². The Morgan fingerprint density at radius 3 is 2.52 bits per heavy atom. The summed E-state index contributed by atoms with van der Waals surface area (Å²) in [5.41, 5.74) is 1.04. The van der Waals surface area contributed by atoms with Crippen LogP contribution in [0.1, 0.15) is 30.9 Å². The third kappa shape index (κ3) is 6.12. The van der Waals surface area contributed by atoms with E-state index in [9.17, 15) is 18.3 Å². The van der Waals surface area contributed by atoms with E-state index in [2.05, 4.69) is 10.6 Å². The van der Waals surface area contributed by atoms with Crippen molar-refractivity contribution < 1.29 is 27.8 Å². The third-order valence-electron chi connectivity index (χ3n) is 5.30. The molecule has 1 saturated heterocycles. The van der Waals surface area contributed by atoms with Crippen molar-refractivity contribution in [3.8, 4) is 11.5 Å². The lowest BCUT2D eigenvalue weighted by Gasteiger charge is -2.22. The molecule has 3 N–H and O–H groups in total. The first-order valence-electron chi connectivity index (χ1n) is 10.4. The summed E-state index contributed by atoms with van der Waals surface area (Å²) in [6.45, 7) is 0.989. The van der Waals surface area contributed by atoms with E-state index in [0.29, 0.717) is 35.8 Å². The molecule has 1 aliphatic rings. The van der Waals surface area contributed by atoms with Gasteiger partial charge in [0, 0.05) is 13.1 Å². The number of anilines is 1. The van der Waals surface area contributed by atoms with Crippen LogP contribution in [0.15, 0.2) is 47.4 Å². The maximum atomic E-state index is 12.9. The third-order valence-corrected chi connectivity index (χ3v) is 7.42. The van der Waals surface area contributed by atoms with Crippen LogP contribution < -0.4 is 20.1 Å². The fraction of sp³-hybridized carbons (Fsp3) is 0.364. The van der Waals surface area contributed by atoms with Gasteiger partial charge in [-0.25, -0.2) is 8.42 Å². The smallest absolute Gasteiger partial charge is 0.305 e. The molecule has 0 saturated carbocycles. The zero-order chi connectivity index (χ0) is 24.0. The molecule has 2 aromatic carbocycles. The van der Waals surface area contributed by atoms with Gasteiger partial charge in [0.2, 0.25) is 10.0 Å². The van der Waals surface area contributed by atoms with Crippen molar-refractivity contribution in [3.05, 3.63) is 48.0 Å². The van der Waals surface area contributed by atoms with E-state index >= 15 is 0 Å². The number of aliphatic carboxylic acids is 1. The molecule has 1 aliphatic heterocycles. The summed E-state index contributed by atoms with van der Waals surface area (Å²) in [6, 6.07) is 10.9. The Morgan fingerprint density at radius 2 is 1.88 bits per heavy atom. The predicted octanol–water partition coefficient (Wildman–Crippen LogP) is 2.99. The monoisotopic (exact) mass is 493 g/mol. The van der Waals surface area contributed by atoms with Gasteiger partial charge >= 0.3 is 5.97 Å². The van der Waals surface area contributed by atoms with Crippen LogP contribution in [0.5, 0.6) is 11.5 Å². The highest BCUT2D eigenvalue weighted by Crippen LogP contribution is 2.30. The second-order valence-electron chi connectivity index (χ2n) is 7.50. The first kappa shape index (κ1) is 24.7. The van der Waals surface area contributed by atoms with Gasteiger partial charge in [-0.05, 0) is 61.0 Å². The highest BCUT2D eigenvalue weighted by Gasteiger charge is 2.28. The zero-order valence-corrected chi connectivity index (χ0v) is 20.0. The number of carboxylic acid groups (broad SMARTS) is 1. The van der Waals surface area contributed by atoms with Gasteiger partial charge in [0.05, 0.1) is 37.3 Å². The van der Waals surface area contributed by atoms with Gasteiger partial charge in [0.1, 0.15) is 11.5 Å². The van der Waals surface area contributed by atoms with Gasteiger partial charge in [-0.1, -0.05) is 12.1 Å². The summed E-state index contributed by atoms with van der Waals surface area (Å²) in [5.74, 6) is -0.0184. The number of sulfonamides is 1. The van der Waals surface area contributed by atoms with Crippen molar-refractivity contribution in [2.45, 2.75) is 30.2 Å². The Bertz CT molecular complexity index is 1120. The fourth-order valence-corrected chi connectivity index (χ4v) is 5.42. The van der Waals surface area contributed by atoms with Crippen molar-refractivity contribution in [3.63, 3.8) is 0 Å². The van der Waals surface area contributed by atoms with Crippen LogP contribution in [0.2, 0.25) is 0 Å². The second-order valence-corrected chi connectivity index (χ2v) is 9.84. The Kier molecular flexibility index (Phi) is 8.11. The van der Waals surface area contributed by atoms with Crippen molar-refractivity contribution in [1.29, 1.82) is 0 Å². The number of rotatable bonds is 9. The van der Waals surface area contributed by atoms with Gasteiger partial charge in [-0.3, -0.25) is 4.79 Å². The summed E-state index contributed by atoms with van der Waals surface area (Å²) in [6.07, 6.45) is 1.45. The zero-order valence-electron chi connectivity index (χ0n) is 18.4. The fourth-order valence-electron chi connectivity index (χ4n) is 3.62. The van der Waals surface area contributed by atoms with E-state index in [1.54, 1.807) is 30.3 Å². The molecule has 3 rings (SSSR count). The summed E-state index contributed by atoms with van der Waals surface area (Å²) in [5, 5.41) is 15.4. The molecule has 2 aromatic rings. The Hall–Kier alpha value is -2.89. The topological polar surface area (TPSA) is 117 Å². The minimum absolute atomic E-state index is 0.123. The van der Waals surface area contributed by atoms with Crippen LogP contribution in [-0.4, -0.2) is 56.2 Å². The number of methoxy groups -OCH3 is 2. The first-order valence-corrected chi connectivity index (χ1v) is 12.2. The van der Waals surface area contributed by atoms with Crippen LogP contribution >= 0.6 is 12.2 Å². The number of thiocarbonyl (C=S) groups is 1. The number of hydrogen-bond acceptors (Lipinski definition) is 6. The van der Waals surface area contributed by atoms with Crippen molar-refractivity contribution >= 4 is 39.0 Å². The van der Waals surface area contributed by atoms with Gasteiger partial charge in [-0.2, -0.15) is 4.31 Å². The van der Waals surface area contributed by atoms with E-state index in [-0.39, 0.29) is 16.4 Å². The molecule has 0 amide bonds. The lowest BCUT2D eigenvalue weighted by Crippen LogP contribution is -2.34. The van der Waals surface area contributed by atoms with Crippen LogP contribution in [0.4, 0.5) is 5.69 Å².